The van der Waals surface area contributed by atoms with Crippen molar-refractivity contribution in [2.45, 2.75) is 52.4 Å². The predicted octanol–water partition coefficient (Wildman–Crippen LogP) is 5.53. The van der Waals surface area contributed by atoms with E-state index >= 15 is 0 Å². The molecule has 7 nitrogen and oxygen atoms in total. The van der Waals surface area contributed by atoms with E-state index in [0.29, 0.717) is 22.4 Å². The van der Waals surface area contributed by atoms with Gasteiger partial charge >= 0.3 is 5.56 Å². The zero-order valence-corrected chi connectivity index (χ0v) is 21.0. The van der Waals surface area contributed by atoms with Crippen molar-refractivity contribution in [3.63, 3.8) is 0 Å². The van der Waals surface area contributed by atoms with E-state index in [1.807, 2.05) is 36.4 Å². The first kappa shape index (κ1) is 24.1. The molecule has 7 heteroatoms. The molecule has 0 saturated carbocycles. The fraction of sp³-hybridized carbons (Fsp3) is 0.286. The minimum Gasteiger partial charge on any atom is -0.507 e. The van der Waals surface area contributed by atoms with Gasteiger partial charge < -0.3 is 5.11 Å². The Morgan fingerprint density at radius 3 is 2.34 bits per heavy atom. The molecule has 0 fully saturated rings. The minimum absolute atomic E-state index is 0.0631. The highest BCUT2D eigenvalue weighted by molar-refractivity contribution is 5.85. The van der Waals surface area contributed by atoms with Crippen LogP contribution in [0.3, 0.4) is 0 Å². The number of fused-ring (bicyclic) bond motifs is 1. The second-order valence-electron chi connectivity index (χ2n) is 10.6. The summed E-state index contributed by atoms with van der Waals surface area (Å²) < 4.78 is 1.51. The topological polar surface area (TPSA) is 92.4 Å². The highest BCUT2D eigenvalue weighted by Gasteiger charge is 2.24. The van der Waals surface area contributed by atoms with Crippen LogP contribution >= 0.6 is 0 Å². The summed E-state index contributed by atoms with van der Waals surface area (Å²) in [6, 6.07) is 16.8. The van der Waals surface area contributed by atoms with Crippen molar-refractivity contribution in [3.8, 4) is 11.4 Å². The van der Waals surface area contributed by atoms with Gasteiger partial charge in [-0.2, -0.15) is 5.10 Å². The third kappa shape index (κ3) is 4.94. The van der Waals surface area contributed by atoms with Crippen LogP contribution in [0.25, 0.3) is 16.9 Å². The molecular weight excluding hydrogens is 438 g/mol. The Kier molecular flexibility index (Phi) is 6.19. The summed E-state index contributed by atoms with van der Waals surface area (Å²) in [4.78, 5) is 22.1. The summed E-state index contributed by atoms with van der Waals surface area (Å²) in [6.45, 7) is 12.6. The second kappa shape index (κ2) is 8.98. The standard InChI is InChI=1S/C28H31N5O2/c1-27(2,3)19-15-18(23(34)21(16-19)28(4,5)6)17-30-32-24-26(35)33(20-11-8-7-9-12-20)25-22(31-24)13-10-14-29-25/h7-17,34H,1-6H3,(H,31,32)/b30-17+. The van der Waals surface area contributed by atoms with Crippen LogP contribution in [0.2, 0.25) is 0 Å². The fourth-order valence-corrected chi connectivity index (χ4v) is 3.83. The van der Waals surface area contributed by atoms with E-state index in [2.05, 4.69) is 68.1 Å². The molecule has 0 atom stereocenters. The van der Waals surface area contributed by atoms with Crippen LogP contribution in [0.4, 0.5) is 5.82 Å². The maximum absolute atomic E-state index is 13.3. The van der Waals surface area contributed by atoms with Gasteiger partial charge in [-0.1, -0.05) is 65.8 Å². The van der Waals surface area contributed by atoms with E-state index in [0.717, 1.165) is 11.1 Å². The van der Waals surface area contributed by atoms with Crippen molar-refractivity contribution >= 4 is 23.2 Å². The Hall–Kier alpha value is -4.00. The molecule has 2 aromatic heterocycles. The van der Waals surface area contributed by atoms with Gasteiger partial charge in [0.05, 0.1) is 11.9 Å². The molecule has 0 aliphatic carbocycles. The van der Waals surface area contributed by atoms with Crippen molar-refractivity contribution in [2.24, 2.45) is 5.10 Å². The third-order valence-electron chi connectivity index (χ3n) is 5.82. The van der Waals surface area contributed by atoms with Crippen molar-refractivity contribution in [1.82, 2.24) is 14.5 Å². The summed E-state index contributed by atoms with van der Waals surface area (Å²) in [5.41, 5.74) is 6.25. The van der Waals surface area contributed by atoms with E-state index in [9.17, 15) is 9.90 Å². The average Bonchev–Trinajstić information content (AvgIpc) is 2.79. The van der Waals surface area contributed by atoms with E-state index in [1.165, 1.54) is 10.8 Å². The molecular formula is C28H31N5O2. The molecule has 0 amide bonds. The minimum atomic E-state index is -0.373. The van der Waals surface area contributed by atoms with Crippen LogP contribution in [0, 0.1) is 0 Å². The SMILES string of the molecule is CC(C)(C)c1cc(/C=N/Nc2nc3cccnc3n(-c3ccccc3)c2=O)c(O)c(C(C)(C)C)c1. The number of nitrogens with zero attached hydrogens (tertiary/aromatic N) is 4. The van der Waals surface area contributed by atoms with Gasteiger partial charge in [-0.05, 0) is 46.7 Å². The maximum atomic E-state index is 13.3. The number of rotatable bonds is 4. The first-order valence-electron chi connectivity index (χ1n) is 11.6. The van der Waals surface area contributed by atoms with Gasteiger partial charge in [0.1, 0.15) is 11.3 Å². The van der Waals surface area contributed by atoms with Crippen LogP contribution in [-0.2, 0) is 10.8 Å². The van der Waals surface area contributed by atoms with Gasteiger partial charge in [0.15, 0.2) is 5.65 Å². The molecule has 2 aromatic carbocycles. The number of aromatic hydroxyl groups is 1. The normalized spacial score (nSPS) is 12.4. The zero-order chi connectivity index (χ0) is 25.4. The number of benzene rings is 2. The Morgan fingerprint density at radius 2 is 1.69 bits per heavy atom. The summed E-state index contributed by atoms with van der Waals surface area (Å²) in [7, 11) is 0. The van der Waals surface area contributed by atoms with Gasteiger partial charge in [-0.25, -0.2) is 9.97 Å². The molecule has 2 heterocycles. The Labute approximate surface area is 205 Å². The lowest BCUT2D eigenvalue weighted by molar-refractivity contribution is 0.444. The number of anilines is 1. The fourth-order valence-electron chi connectivity index (χ4n) is 3.83. The predicted molar refractivity (Wildman–Crippen MR) is 142 cm³/mol. The number of phenols is 1. The van der Waals surface area contributed by atoms with Crippen molar-refractivity contribution in [1.29, 1.82) is 0 Å². The first-order chi connectivity index (χ1) is 16.5. The van der Waals surface area contributed by atoms with Crippen molar-refractivity contribution in [2.75, 3.05) is 5.43 Å². The Bertz CT molecular complexity index is 1460. The molecule has 0 unspecified atom stereocenters. The molecule has 0 saturated heterocycles. The highest BCUT2D eigenvalue weighted by Crippen LogP contribution is 2.37. The Balaban J connectivity index is 1.78. The molecule has 35 heavy (non-hydrogen) atoms. The van der Waals surface area contributed by atoms with Crippen molar-refractivity contribution < 1.29 is 5.11 Å². The third-order valence-corrected chi connectivity index (χ3v) is 5.82. The lowest BCUT2D eigenvalue weighted by atomic mass is 9.79. The largest absolute Gasteiger partial charge is 0.507 e. The van der Waals surface area contributed by atoms with Gasteiger partial charge in [0.2, 0.25) is 5.82 Å². The number of nitrogens with one attached hydrogen (secondary N) is 1. The number of para-hydroxylation sites is 1. The van der Waals surface area contributed by atoms with Crippen LogP contribution < -0.4 is 11.0 Å². The van der Waals surface area contributed by atoms with Gasteiger partial charge in [-0.15, -0.1) is 0 Å². The molecule has 4 aromatic rings. The number of pyridine rings is 1. The molecule has 0 aliphatic heterocycles. The highest BCUT2D eigenvalue weighted by atomic mass is 16.3. The smallest absolute Gasteiger partial charge is 0.301 e. The van der Waals surface area contributed by atoms with Crippen LogP contribution in [0.5, 0.6) is 5.75 Å². The molecule has 0 radical (unpaired) electrons. The molecule has 180 valence electrons. The molecule has 0 spiro atoms. The van der Waals surface area contributed by atoms with Gasteiger partial charge in [0, 0.05) is 17.3 Å². The lowest BCUT2D eigenvalue weighted by Gasteiger charge is -2.26. The summed E-state index contributed by atoms with van der Waals surface area (Å²) in [6.07, 6.45) is 3.16. The number of hydrogen-bond acceptors (Lipinski definition) is 6. The van der Waals surface area contributed by atoms with Crippen LogP contribution in [0.1, 0.15) is 58.2 Å². The van der Waals surface area contributed by atoms with Gasteiger partial charge in [-0.3, -0.25) is 14.8 Å². The number of hydrazone groups is 1. The zero-order valence-electron chi connectivity index (χ0n) is 21.0. The lowest BCUT2D eigenvalue weighted by Crippen LogP contribution is -2.23. The molecule has 2 N–H and O–H groups in total. The monoisotopic (exact) mass is 469 g/mol. The van der Waals surface area contributed by atoms with E-state index in [-0.39, 0.29) is 28.0 Å². The number of phenolic OH excluding ortho intramolecular Hbond substituents is 1. The van der Waals surface area contributed by atoms with Gasteiger partial charge in [0.25, 0.3) is 0 Å². The van der Waals surface area contributed by atoms with Crippen molar-refractivity contribution in [3.05, 3.63) is 87.8 Å². The second-order valence-corrected chi connectivity index (χ2v) is 10.6. The molecule has 0 bridgehead atoms. The number of hydrogen-bond donors (Lipinski definition) is 2. The average molecular weight is 470 g/mol. The maximum Gasteiger partial charge on any atom is 0.301 e. The molecule has 4 rings (SSSR count). The van der Waals surface area contributed by atoms with Crippen LogP contribution in [0.15, 0.2) is 70.7 Å². The summed E-state index contributed by atoms with van der Waals surface area (Å²) >= 11 is 0. The van der Waals surface area contributed by atoms with E-state index in [1.54, 1.807) is 18.3 Å². The summed E-state index contributed by atoms with van der Waals surface area (Å²) in [5.74, 6) is 0.238. The first-order valence-corrected chi connectivity index (χ1v) is 11.6. The van der Waals surface area contributed by atoms with E-state index in [4.69, 9.17) is 0 Å². The number of aromatic nitrogens is 3. The Morgan fingerprint density at radius 1 is 0.971 bits per heavy atom. The molecule has 0 aliphatic rings. The van der Waals surface area contributed by atoms with Crippen LogP contribution in [-0.4, -0.2) is 25.9 Å². The van der Waals surface area contributed by atoms with E-state index < -0.39 is 0 Å². The summed E-state index contributed by atoms with van der Waals surface area (Å²) in [5, 5.41) is 15.3. The quantitative estimate of drug-likeness (QED) is 0.303.